The monoisotopic (exact) mass is 342 g/mol. The Morgan fingerprint density at radius 3 is 2.71 bits per heavy atom. The lowest BCUT2D eigenvalue weighted by Crippen LogP contribution is -2.26. The van der Waals surface area contributed by atoms with Crippen molar-refractivity contribution in [3.8, 4) is 0 Å². The molecule has 124 valence electrons. The normalized spacial score (nSPS) is 12.5. The van der Waals surface area contributed by atoms with Crippen LogP contribution in [-0.4, -0.2) is 20.7 Å². The zero-order chi connectivity index (χ0) is 17.3. The van der Waals surface area contributed by atoms with Crippen LogP contribution in [0.15, 0.2) is 42.7 Å². The van der Waals surface area contributed by atoms with Crippen molar-refractivity contribution in [1.82, 2.24) is 20.1 Å². The minimum atomic E-state index is -0.172. The molecule has 2 heterocycles. The maximum atomic E-state index is 12.5. The zero-order valence-electron chi connectivity index (χ0n) is 13.8. The van der Waals surface area contributed by atoms with Crippen LogP contribution in [-0.2, 0) is 0 Å². The number of amides is 1. The van der Waals surface area contributed by atoms with Crippen LogP contribution in [0.5, 0.6) is 0 Å². The molecule has 2 aromatic heterocycles. The number of rotatable bonds is 4. The van der Waals surface area contributed by atoms with Crippen molar-refractivity contribution >= 4 is 28.5 Å². The first-order chi connectivity index (χ1) is 11.5. The van der Waals surface area contributed by atoms with Crippen molar-refractivity contribution in [2.75, 3.05) is 0 Å². The Morgan fingerprint density at radius 1 is 1.21 bits per heavy atom. The summed E-state index contributed by atoms with van der Waals surface area (Å²) in [5.74, 6) is -0.172. The number of hydrogen-bond acceptors (Lipinski definition) is 3. The smallest absolute Gasteiger partial charge is 0.253 e. The second-order valence-corrected chi connectivity index (χ2v) is 6.51. The standard InChI is InChI=1S/C18H19ClN4O/c1-11(2)23-17-14(10-21-23)7-15(9-20-17)18(24)22-12(3)13-5-4-6-16(19)8-13/h4-12H,1-3H3,(H,22,24)/t12-/m1/s1. The number of fused-ring (bicyclic) bond motifs is 1. The number of nitrogens with zero attached hydrogens (tertiary/aromatic N) is 3. The number of hydrogen-bond donors (Lipinski definition) is 1. The van der Waals surface area contributed by atoms with E-state index in [0.29, 0.717) is 10.6 Å². The summed E-state index contributed by atoms with van der Waals surface area (Å²) in [7, 11) is 0. The van der Waals surface area contributed by atoms with Gasteiger partial charge in [-0.25, -0.2) is 9.67 Å². The first-order valence-corrected chi connectivity index (χ1v) is 8.23. The van der Waals surface area contributed by atoms with E-state index in [-0.39, 0.29) is 18.0 Å². The van der Waals surface area contributed by atoms with Gasteiger partial charge in [-0.15, -0.1) is 0 Å². The lowest BCUT2D eigenvalue weighted by Gasteiger charge is -2.14. The molecule has 0 saturated heterocycles. The minimum absolute atomic E-state index is 0.148. The second kappa shape index (κ2) is 6.61. The van der Waals surface area contributed by atoms with Crippen LogP contribution >= 0.6 is 11.6 Å². The van der Waals surface area contributed by atoms with Crippen molar-refractivity contribution in [3.63, 3.8) is 0 Å². The van der Waals surface area contributed by atoms with E-state index >= 15 is 0 Å². The van der Waals surface area contributed by atoms with E-state index in [0.717, 1.165) is 16.6 Å². The molecule has 0 spiro atoms. The molecule has 0 bridgehead atoms. The minimum Gasteiger partial charge on any atom is -0.345 e. The third-order valence-electron chi connectivity index (χ3n) is 3.88. The van der Waals surface area contributed by atoms with E-state index in [9.17, 15) is 4.79 Å². The van der Waals surface area contributed by atoms with Gasteiger partial charge in [0.2, 0.25) is 0 Å². The summed E-state index contributed by atoms with van der Waals surface area (Å²) in [6, 6.07) is 9.35. The van der Waals surface area contributed by atoms with Crippen LogP contribution in [0.2, 0.25) is 5.02 Å². The van der Waals surface area contributed by atoms with Gasteiger partial charge in [-0.1, -0.05) is 23.7 Å². The Bertz CT molecular complexity index is 888. The summed E-state index contributed by atoms with van der Waals surface area (Å²) in [5.41, 5.74) is 2.25. The molecule has 1 amide bonds. The molecule has 0 unspecified atom stereocenters. The molecule has 3 rings (SSSR count). The average Bonchev–Trinajstić information content (AvgIpc) is 2.98. The van der Waals surface area contributed by atoms with E-state index in [1.807, 2.05) is 55.8 Å². The predicted octanol–water partition coefficient (Wildman–Crippen LogP) is 4.16. The average molecular weight is 343 g/mol. The lowest BCUT2D eigenvalue weighted by molar-refractivity contribution is 0.0939. The molecule has 1 atom stereocenters. The SMILES string of the molecule is CC(C)n1ncc2cc(C(=O)N[C@H](C)c3cccc(Cl)c3)cnc21. The van der Waals surface area contributed by atoms with Gasteiger partial charge in [-0.2, -0.15) is 5.10 Å². The van der Waals surface area contributed by atoms with Crippen molar-refractivity contribution in [1.29, 1.82) is 0 Å². The van der Waals surface area contributed by atoms with Gasteiger partial charge in [0.1, 0.15) is 0 Å². The van der Waals surface area contributed by atoms with Crippen molar-refractivity contribution in [2.45, 2.75) is 32.9 Å². The third kappa shape index (κ3) is 3.26. The highest BCUT2D eigenvalue weighted by Gasteiger charge is 2.14. The second-order valence-electron chi connectivity index (χ2n) is 6.07. The fourth-order valence-electron chi connectivity index (χ4n) is 2.58. The van der Waals surface area contributed by atoms with Gasteiger partial charge < -0.3 is 5.32 Å². The van der Waals surface area contributed by atoms with E-state index in [1.165, 1.54) is 0 Å². The molecule has 5 nitrogen and oxygen atoms in total. The fourth-order valence-corrected chi connectivity index (χ4v) is 2.78. The third-order valence-corrected chi connectivity index (χ3v) is 4.12. The molecule has 0 fully saturated rings. The van der Waals surface area contributed by atoms with Gasteiger partial charge in [0.05, 0.1) is 17.8 Å². The van der Waals surface area contributed by atoms with Crippen LogP contribution in [0, 0.1) is 0 Å². The summed E-state index contributed by atoms with van der Waals surface area (Å²) in [6.07, 6.45) is 3.32. The van der Waals surface area contributed by atoms with Crippen LogP contribution in [0.3, 0.4) is 0 Å². The maximum Gasteiger partial charge on any atom is 0.253 e. The summed E-state index contributed by atoms with van der Waals surface area (Å²) in [4.78, 5) is 16.9. The molecule has 0 aliphatic carbocycles. The number of halogens is 1. The van der Waals surface area contributed by atoms with Crippen LogP contribution in [0.25, 0.3) is 11.0 Å². The molecular formula is C18H19ClN4O. The largest absolute Gasteiger partial charge is 0.345 e. The number of pyridine rings is 1. The Labute approximate surface area is 145 Å². The number of carbonyl (C=O) groups excluding carboxylic acids is 1. The molecule has 1 N–H and O–H groups in total. The molecule has 6 heteroatoms. The van der Waals surface area contributed by atoms with E-state index in [4.69, 9.17) is 11.6 Å². The Morgan fingerprint density at radius 2 is 2.00 bits per heavy atom. The molecule has 1 aromatic carbocycles. The first-order valence-electron chi connectivity index (χ1n) is 7.85. The Hall–Kier alpha value is -2.40. The van der Waals surface area contributed by atoms with Crippen LogP contribution in [0.4, 0.5) is 0 Å². The highest BCUT2D eigenvalue weighted by atomic mass is 35.5. The maximum absolute atomic E-state index is 12.5. The molecule has 0 radical (unpaired) electrons. The van der Waals surface area contributed by atoms with Gasteiger partial charge in [0, 0.05) is 22.6 Å². The lowest BCUT2D eigenvalue weighted by atomic mass is 10.1. The molecule has 0 aliphatic heterocycles. The summed E-state index contributed by atoms with van der Waals surface area (Å²) < 4.78 is 1.84. The number of carbonyl (C=O) groups is 1. The molecule has 0 aliphatic rings. The topological polar surface area (TPSA) is 59.8 Å². The Kier molecular flexibility index (Phi) is 4.53. The van der Waals surface area contributed by atoms with Crippen molar-refractivity contribution < 1.29 is 4.79 Å². The summed E-state index contributed by atoms with van der Waals surface area (Å²) in [6.45, 7) is 6.01. The van der Waals surface area contributed by atoms with Gasteiger partial charge >= 0.3 is 0 Å². The van der Waals surface area contributed by atoms with Gasteiger partial charge in [-0.3, -0.25) is 4.79 Å². The quantitative estimate of drug-likeness (QED) is 0.774. The van der Waals surface area contributed by atoms with E-state index < -0.39 is 0 Å². The summed E-state index contributed by atoms with van der Waals surface area (Å²) in [5, 5.41) is 8.79. The van der Waals surface area contributed by atoms with Crippen molar-refractivity contribution in [2.24, 2.45) is 0 Å². The van der Waals surface area contributed by atoms with Crippen LogP contribution < -0.4 is 5.32 Å². The van der Waals surface area contributed by atoms with E-state index in [1.54, 1.807) is 12.4 Å². The molecule has 3 aromatic rings. The fraction of sp³-hybridized carbons (Fsp3) is 0.278. The predicted molar refractivity (Wildman–Crippen MR) is 95.2 cm³/mol. The molecule has 24 heavy (non-hydrogen) atoms. The molecule has 0 saturated carbocycles. The van der Waals surface area contributed by atoms with Gasteiger partial charge in [0.25, 0.3) is 5.91 Å². The molecular weight excluding hydrogens is 324 g/mol. The van der Waals surface area contributed by atoms with Crippen molar-refractivity contribution in [3.05, 3.63) is 58.9 Å². The Balaban J connectivity index is 1.81. The number of aromatic nitrogens is 3. The number of nitrogens with one attached hydrogen (secondary N) is 1. The highest BCUT2D eigenvalue weighted by Crippen LogP contribution is 2.19. The van der Waals surface area contributed by atoms with Gasteiger partial charge in [-0.05, 0) is 44.5 Å². The van der Waals surface area contributed by atoms with E-state index in [2.05, 4.69) is 15.4 Å². The summed E-state index contributed by atoms with van der Waals surface area (Å²) >= 11 is 6.00. The number of benzene rings is 1. The highest BCUT2D eigenvalue weighted by molar-refractivity contribution is 6.30. The van der Waals surface area contributed by atoms with Gasteiger partial charge in [0.15, 0.2) is 5.65 Å². The first kappa shape index (κ1) is 16.5. The zero-order valence-corrected chi connectivity index (χ0v) is 14.6. The van der Waals surface area contributed by atoms with Crippen LogP contribution in [0.1, 0.15) is 48.8 Å².